The monoisotopic (exact) mass is 284 g/mol. The van der Waals surface area contributed by atoms with E-state index >= 15 is 0 Å². The summed E-state index contributed by atoms with van der Waals surface area (Å²) in [4.78, 5) is 17.0. The van der Waals surface area contributed by atoms with Crippen molar-refractivity contribution >= 4 is 17.7 Å². The van der Waals surface area contributed by atoms with Gasteiger partial charge in [0.1, 0.15) is 0 Å². The zero-order valence-electron chi connectivity index (χ0n) is 11.7. The van der Waals surface area contributed by atoms with E-state index in [-0.39, 0.29) is 12.0 Å². The summed E-state index contributed by atoms with van der Waals surface area (Å²) >= 11 is 1.98. The number of carbonyl (C=O) groups excluding carboxylic acids is 1. The van der Waals surface area contributed by atoms with Crippen molar-refractivity contribution in [2.75, 3.05) is 51.3 Å². The summed E-state index contributed by atoms with van der Waals surface area (Å²) in [6.45, 7) is 4.61. The number of thioether (sulfide) groups is 1. The third-order valence-corrected chi connectivity index (χ3v) is 5.66. The summed E-state index contributed by atoms with van der Waals surface area (Å²) < 4.78 is 5.93. The predicted molar refractivity (Wildman–Crippen MR) is 77.4 cm³/mol. The van der Waals surface area contributed by atoms with Gasteiger partial charge in [0.25, 0.3) is 0 Å². The molecule has 1 amide bonds. The van der Waals surface area contributed by atoms with Crippen LogP contribution in [0.1, 0.15) is 12.8 Å². The second-order valence-electron chi connectivity index (χ2n) is 6.06. The molecule has 0 N–H and O–H groups in total. The highest BCUT2D eigenvalue weighted by Crippen LogP contribution is 2.29. The maximum atomic E-state index is 12.6. The van der Waals surface area contributed by atoms with Crippen LogP contribution in [0.3, 0.4) is 0 Å². The first-order valence-corrected chi connectivity index (χ1v) is 8.56. The molecular formula is C14H24N2O2S. The fourth-order valence-corrected chi connectivity index (χ4v) is 4.55. The molecule has 0 aromatic rings. The molecule has 5 heteroatoms. The molecule has 3 aliphatic heterocycles. The van der Waals surface area contributed by atoms with Crippen molar-refractivity contribution in [3.05, 3.63) is 0 Å². The van der Waals surface area contributed by atoms with Crippen molar-refractivity contribution < 1.29 is 9.53 Å². The Morgan fingerprint density at radius 3 is 2.79 bits per heavy atom. The van der Waals surface area contributed by atoms with E-state index in [1.807, 2.05) is 11.8 Å². The van der Waals surface area contributed by atoms with Crippen LogP contribution in [0.25, 0.3) is 0 Å². The van der Waals surface area contributed by atoms with Crippen LogP contribution in [0.2, 0.25) is 0 Å². The van der Waals surface area contributed by atoms with E-state index in [4.69, 9.17) is 4.74 Å². The van der Waals surface area contributed by atoms with Gasteiger partial charge in [-0.05, 0) is 31.4 Å². The lowest BCUT2D eigenvalue weighted by Gasteiger charge is -2.26. The van der Waals surface area contributed by atoms with Crippen molar-refractivity contribution in [2.24, 2.45) is 11.8 Å². The molecule has 0 bridgehead atoms. The number of ether oxygens (including phenoxy) is 1. The van der Waals surface area contributed by atoms with Gasteiger partial charge >= 0.3 is 0 Å². The third-order valence-electron chi connectivity index (χ3n) is 4.61. The number of hydrogen-bond acceptors (Lipinski definition) is 4. The number of hydrogen-bond donors (Lipinski definition) is 0. The highest BCUT2D eigenvalue weighted by atomic mass is 32.2. The van der Waals surface area contributed by atoms with Gasteiger partial charge in [-0.25, -0.2) is 0 Å². The van der Waals surface area contributed by atoms with Crippen molar-refractivity contribution in [2.45, 2.75) is 18.9 Å². The number of likely N-dealkylation sites (tertiary alicyclic amines) is 1. The Kier molecular flexibility index (Phi) is 4.34. The molecule has 2 atom stereocenters. The second-order valence-corrected chi connectivity index (χ2v) is 7.29. The molecular weight excluding hydrogens is 260 g/mol. The van der Waals surface area contributed by atoms with Gasteiger partial charge in [-0.1, -0.05) is 0 Å². The minimum atomic E-state index is 0.270. The number of nitrogens with zero attached hydrogens (tertiary/aromatic N) is 2. The molecule has 3 rings (SSSR count). The van der Waals surface area contributed by atoms with Gasteiger partial charge in [0.2, 0.25) is 5.91 Å². The average Bonchev–Trinajstić information content (AvgIpc) is 2.74. The molecule has 0 aliphatic carbocycles. The Balaban J connectivity index is 1.59. The molecule has 3 heterocycles. The van der Waals surface area contributed by atoms with Crippen molar-refractivity contribution in [3.63, 3.8) is 0 Å². The van der Waals surface area contributed by atoms with E-state index in [9.17, 15) is 4.79 Å². The number of likely N-dealkylation sites (N-methyl/N-ethyl adjacent to an activating group) is 1. The molecule has 108 valence electrons. The zero-order valence-corrected chi connectivity index (χ0v) is 12.5. The average molecular weight is 284 g/mol. The van der Waals surface area contributed by atoms with Gasteiger partial charge in [-0.2, -0.15) is 11.8 Å². The normalized spacial score (nSPS) is 34.1. The van der Waals surface area contributed by atoms with Crippen molar-refractivity contribution in [1.82, 2.24) is 9.80 Å². The number of carbonyl (C=O) groups is 1. The fraction of sp³-hybridized carbons (Fsp3) is 0.929. The van der Waals surface area contributed by atoms with Crippen LogP contribution < -0.4 is 0 Å². The van der Waals surface area contributed by atoms with Crippen LogP contribution in [0.4, 0.5) is 0 Å². The van der Waals surface area contributed by atoms with E-state index in [2.05, 4.69) is 16.8 Å². The van der Waals surface area contributed by atoms with Crippen LogP contribution in [0, 0.1) is 11.8 Å². The lowest BCUT2D eigenvalue weighted by atomic mass is 10.0. The van der Waals surface area contributed by atoms with Crippen molar-refractivity contribution in [3.8, 4) is 0 Å². The molecule has 0 unspecified atom stereocenters. The van der Waals surface area contributed by atoms with Gasteiger partial charge < -0.3 is 14.5 Å². The van der Waals surface area contributed by atoms with Gasteiger partial charge in [0, 0.05) is 38.0 Å². The van der Waals surface area contributed by atoms with Crippen LogP contribution in [-0.4, -0.2) is 73.2 Å². The molecule has 0 aromatic heterocycles. The highest BCUT2D eigenvalue weighted by molar-refractivity contribution is 7.99. The number of rotatable bonds is 1. The van der Waals surface area contributed by atoms with Crippen LogP contribution in [0.5, 0.6) is 0 Å². The molecule has 0 spiro atoms. The molecule has 0 saturated carbocycles. The summed E-state index contributed by atoms with van der Waals surface area (Å²) in [7, 11) is 2.15. The summed E-state index contributed by atoms with van der Waals surface area (Å²) in [6.07, 6.45) is 2.40. The molecule has 4 nitrogen and oxygen atoms in total. The molecule has 19 heavy (non-hydrogen) atoms. The summed E-state index contributed by atoms with van der Waals surface area (Å²) in [5.41, 5.74) is 0. The Labute approximate surface area is 119 Å². The molecule has 0 aromatic carbocycles. The zero-order chi connectivity index (χ0) is 13.2. The van der Waals surface area contributed by atoms with E-state index in [0.29, 0.717) is 11.8 Å². The summed E-state index contributed by atoms with van der Waals surface area (Å²) in [5.74, 6) is 3.47. The van der Waals surface area contributed by atoms with Crippen molar-refractivity contribution in [1.29, 1.82) is 0 Å². The number of amides is 1. The van der Waals surface area contributed by atoms with E-state index in [0.717, 1.165) is 57.1 Å². The quantitative estimate of drug-likeness (QED) is 0.717. The van der Waals surface area contributed by atoms with Gasteiger partial charge in [0.15, 0.2) is 0 Å². The predicted octanol–water partition coefficient (Wildman–Crippen LogP) is 0.919. The van der Waals surface area contributed by atoms with Crippen LogP contribution in [0.15, 0.2) is 0 Å². The van der Waals surface area contributed by atoms with Gasteiger partial charge in [-0.15, -0.1) is 0 Å². The molecule has 0 radical (unpaired) electrons. The van der Waals surface area contributed by atoms with Gasteiger partial charge in [-0.3, -0.25) is 4.79 Å². The largest absolute Gasteiger partial charge is 0.375 e. The summed E-state index contributed by atoms with van der Waals surface area (Å²) in [5, 5.41) is 0. The fourth-order valence-electron chi connectivity index (χ4n) is 3.44. The smallest absolute Gasteiger partial charge is 0.225 e. The first-order chi connectivity index (χ1) is 9.24. The van der Waals surface area contributed by atoms with E-state index in [1.54, 1.807) is 0 Å². The Morgan fingerprint density at radius 2 is 2.00 bits per heavy atom. The standard InChI is InChI=1S/C14H24N2O2S/c1-15-4-5-18-13-10-16(9-12(13)8-15)14(17)11-2-6-19-7-3-11/h11-13H,2-10H2,1H3/t12-,13+/m1/s1. The Hall–Kier alpha value is -0.260. The maximum absolute atomic E-state index is 12.6. The molecule has 3 fully saturated rings. The molecule has 3 aliphatic rings. The topological polar surface area (TPSA) is 32.8 Å². The first-order valence-electron chi connectivity index (χ1n) is 7.40. The second kappa shape index (κ2) is 6.02. The van der Waals surface area contributed by atoms with Gasteiger partial charge in [0.05, 0.1) is 12.7 Å². The maximum Gasteiger partial charge on any atom is 0.225 e. The lowest BCUT2D eigenvalue weighted by Crippen LogP contribution is -2.37. The molecule has 3 saturated heterocycles. The van der Waals surface area contributed by atoms with E-state index < -0.39 is 0 Å². The van der Waals surface area contributed by atoms with Crippen LogP contribution >= 0.6 is 11.8 Å². The van der Waals surface area contributed by atoms with Crippen LogP contribution in [-0.2, 0) is 9.53 Å². The minimum Gasteiger partial charge on any atom is -0.375 e. The summed E-state index contributed by atoms with van der Waals surface area (Å²) in [6, 6.07) is 0. The minimum absolute atomic E-state index is 0.270. The Bertz CT molecular complexity index is 333. The third kappa shape index (κ3) is 3.09. The lowest BCUT2D eigenvalue weighted by molar-refractivity contribution is -0.135. The number of fused-ring (bicyclic) bond motifs is 1. The first kappa shape index (κ1) is 13.7. The Morgan fingerprint density at radius 1 is 1.21 bits per heavy atom. The van der Waals surface area contributed by atoms with E-state index in [1.165, 1.54) is 0 Å². The highest BCUT2D eigenvalue weighted by Gasteiger charge is 2.39. The SMILES string of the molecule is CN1CCO[C@H]2CN(C(=O)C3CCSCC3)C[C@H]2C1.